The monoisotopic (exact) mass is 246 g/mol. The second kappa shape index (κ2) is 5.22. The van der Waals surface area contributed by atoms with Gasteiger partial charge in [0.2, 0.25) is 5.91 Å². The average molecular weight is 246 g/mol. The van der Waals surface area contributed by atoms with E-state index in [-0.39, 0.29) is 5.91 Å². The number of anilines is 1. The van der Waals surface area contributed by atoms with Crippen molar-refractivity contribution in [2.75, 3.05) is 5.73 Å². The predicted octanol–water partition coefficient (Wildman–Crippen LogP) is 0.925. The van der Waals surface area contributed by atoms with E-state index in [2.05, 4.69) is 10.4 Å². The van der Waals surface area contributed by atoms with Gasteiger partial charge in [-0.2, -0.15) is 5.10 Å². The number of aryl methyl sites for hydroxylation is 1. The van der Waals surface area contributed by atoms with Gasteiger partial charge in [0.25, 0.3) is 0 Å². The van der Waals surface area contributed by atoms with Gasteiger partial charge in [0.1, 0.15) is 11.6 Å². The molecule has 0 spiro atoms. The van der Waals surface area contributed by atoms with Crippen molar-refractivity contribution in [2.45, 2.75) is 6.54 Å². The van der Waals surface area contributed by atoms with E-state index in [0.717, 1.165) is 5.56 Å². The van der Waals surface area contributed by atoms with Gasteiger partial charge in [0, 0.05) is 25.2 Å². The van der Waals surface area contributed by atoms with Crippen LogP contribution in [0.25, 0.3) is 6.08 Å². The molecule has 0 saturated heterocycles. The first-order chi connectivity index (χ1) is 8.66. The lowest BCUT2D eigenvalue weighted by atomic mass is 10.3. The van der Waals surface area contributed by atoms with E-state index in [1.54, 1.807) is 42.4 Å². The molecule has 0 aromatic carbocycles. The number of amides is 1. The maximum absolute atomic E-state index is 11.5. The highest BCUT2D eigenvalue weighted by molar-refractivity contribution is 5.91. The number of nitrogens with one attached hydrogen (secondary N) is 1. The summed E-state index contributed by atoms with van der Waals surface area (Å²) in [5.41, 5.74) is 6.55. The lowest BCUT2D eigenvalue weighted by Gasteiger charge is -2.01. The normalized spacial score (nSPS) is 10.9. The summed E-state index contributed by atoms with van der Waals surface area (Å²) in [6.07, 6.45) is 6.19. The number of hydrogen-bond acceptors (Lipinski definition) is 4. The first kappa shape index (κ1) is 12.0. The van der Waals surface area contributed by atoms with Crippen LogP contribution in [0, 0.1) is 0 Å². The van der Waals surface area contributed by atoms with E-state index in [4.69, 9.17) is 10.2 Å². The topological polar surface area (TPSA) is 86.1 Å². The zero-order valence-corrected chi connectivity index (χ0v) is 9.96. The molecular formula is C12H14N4O2. The van der Waals surface area contributed by atoms with Crippen LogP contribution in [-0.2, 0) is 18.4 Å². The van der Waals surface area contributed by atoms with Crippen LogP contribution in [0.3, 0.4) is 0 Å². The molecule has 0 atom stereocenters. The van der Waals surface area contributed by atoms with Crippen LogP contribution in [0.2, 0.25) is 0 Å². The number of nitrogen functional groups attached to an aromatic ring is 1. The van der Waals surface area contributed by atoms with E-state index in [0.29, 0.717) is 18.1 Å². The van der Waals surface area contributed by atoms with Crippen LogP contribution in [0.5, 0.6) is 0 Å². The average Bonchev–Trinajstić information content (AvgIpc) is 2.97. The Balaban J connectivity index is 1.87. The van der Waals surface area contributed by atoms with Crippen molar-refractivity contribution in [3.8, 4) is 0 Å². The Kier molecular flexibility index (Phi) is 3.47. The molecular weight excluding hydrogens is 232 g/mol. The minimum absolute atomic E-state index is 0.213. The Morgan fingerprint density at radius 1 is 1.67 bits per heavy atom. The summed E-state index contributed by atoms with van der Waals surface area (Å²) in [5.74, 6) is 0.964. The van der Waals surface area contributed by atoms with Gasteiger partial charge in [0.15, 0.2) is 0 Å². The van der Waals surface area contributed by atoms with Crippen LogP contribution in [-0.4, -0.2) is 15.7 Å². The molecule has 2 heterocycles. The highest BCUT2D eigenvalue weighted by Crippen LogP contribution is 2.08. The Hall–Kier alpha value is -2.50. The van der Waals surface area contributed by atoms with Gasteiger partial charge in [-0.25, -0.2) is 0 Å². The fourth-order valence-electron chi connectivity index (χ4n) is 1.41. The third-order valence-corrected chi connectivity index (χ3v) is 2.46. The molecule has 6 heteroatoms. The van der Waals surface area contributed by atoms with Gasteiger partial charge in [-0.15, -0.1) is 0 Å². The Morgan fingerprint density at radius 2 is 2.50 bits per heavy atom. The van der Waals surface area contributed by atoms with E-state index in [1.165, 1.54) is 6.08 Å². The molecule has 0 bridgehead atoms. The molecule has 0 aliphatic carbocycles. The van der Waals surface area contributed by atoms with Crippen molar-refractivity contribution < 1.29 is 9.21 Å². The van der Waals surface area contributed by atoms with E-state index in [1.807, 2.05) is 0 Å². The third kappa shape index (κ3) is 2.79. The zero-order chi connectivity index (χ0) is 13.0. The smallest absolute Gasteiger partial charge is 0.244 e. The maximum Gasteiger partial charge on any atom is 0.244 e. The maximum atomic E-state index is 11.5. The Labute approximate surface area is 104 Å². The number of carbonyl (C=O) groups is 1. The van der Waals surface area contributed by atoms with E-state index < -0.39 is 0 Å². The molecule has 94 valence electrons. The second-order valence-electron chi connectivity index (χ2n) is 3.75. The number of nitrogens with two attached hydrogens (primary N) is 1. The fourth-order valence-corrected chi connectivity index (χ4v) is 1.41. The van der Waals surface area contributed by atoms with Crippen molar-refractivity contribution in [2.24, 2.45) is 7.05 Å². The predicted molar refractivity (Wildman–Crippen MR) is 67.2 cm³/mol. The summed E-state index contributed by atoms with van der Waals surface area (Å²) in [7, 11) is 1.75. The molecule has 0 aliphatic heterocycles. The number of furan rings is 1. The first-order valence-electron chi connectivity index (χ1n) is 5.42. The molecule has 6 nitrogen and oxygen atoms in total. The molecule has 18 heavy (non-hydrogen) atoms. The van der Waals surface area contributed by atoms with Gasteiger partial charge in [0.05, 0.1) is 12.5 Å². The molecule has 0 unspecified atom stereocenters. The molecule has 0 aliphatic rings. The van der Waals surface area contributed by atoms with E-state index in [9.17, 15) is 4.79 Å². The van der Waals surface area contributed by atoms with Gasteiger partial charge in [-0.3, -0.25) is 9.48 Å². The van der Waals surface area contributed by atoms with Gasteiger partial charge in [-0.1, -0.05) is 0 Å². The number of hydrogen-bond donors (Lipinski definition) is 2. The lowest BCUT2D eigenvalue weighted by molar-refractivity contribution is -0.116. The number of rotatable bonds is 4. The SMILES string of the molecule is Cn1ncc(CNC(=O)C=Cc2ccco2)c1N. The quantitative estimate of drug-likeness (QED) is 0.785. The second-order valence-corrected chi connectivity index (χ2v) is 3.75. The largest absolute Gasteiger partial charge is 0.465 e. The molecule has 0 saturated carbocycles. The standard InChI is InChI=1S/C12H14N4O2/c1-16-12(13)9(8-15-16)7-14-11(17)5-4-10-3-2-6-18-10/h2-6,8H,7,13H2,1H3,(H,14,17). The number of carbonyl (C=O) groups excluding carboxylic acids is 1. The highest BCUT2D eigenvalue weighted by Gasteiger charge is 2.05. The van der Waals surface area contributed by atoms with Crippen LogP contribution >= 0.6 is 0 Å². The van der Waals surface area contributed by atoms with Gasteiger partial charge >= 0.3 is 0 Å². The van der Waals surface area contributed by atoms with Crippen LogP contribution in [0.15, 0.2) is 35.1 Å². The summed E-state index contributed by atoms with van der Waals surface area (Å²) in [5, 5.41) is 6.70. The van der Waals surface area contributed by atoms with Crippen molar-refractivity contribution in [1.29, 1.82) is 0 Å². The summed E-state index contributed by atoms with van der Waals surface area (Å²) < 4.78 is 6.62. The minimum Gasteiger partial charge on any atom is -0.465 e. The first-order valence-corrected chi connectivity index (χ1v) is 5.42. The molecule has 0 radical (unpaired) electrons. The van der Waals surface area contributed by atoms with Crippen LogP contribution in [0.1, 0.15) is 11.3 Å². The summed E-state index contributed by atoms with van der Waals surface area (Å²) in [6.45, 7) is 0.348. The molecule has 2 aromatic heterocycles. The van der Waals surface area contributed by atoms with Crippen molar-refractivity contribution >= 4 is 17.8 Å². The molecule has 2 aromatic rings. The summed E-state index contributed by atoms with van der Waals surface area (Å²) >= 11 is 0. The highest BCUT2D eigenvalue weighted by atomic mass is 16.3. The third-order valence-electron chi connectivity index (χ3n) is 2.46. The van der Waals surface area contributed by atoms with Crippen molar-refractivity contribution in [3.05, 3.63) is 42.0 Å². The number of nitrogens with zero attached hydrogens (tertiary/aromatic N) is 2. The molecule has 2 rings (SSSR count). The van der Waals surface area contributed by atoms with E-state index >= 15 is 0 Å². The molecule has 0 fully saturated rings. The van der Waals surface area contributed by atoms with Crippen LogP contribution < -0.4 is 11.1 Å². The Bertz CT molecular complexity index is 555. The van der Waals surface area contributed by atoms with Gasteiger partial charge < -0.3 is 15.5 Å². The van der Waals surface area contributed by atoms with Crippen molar-refractivity contribution in [1.82, 2.24) is 15.1 Å². The van der Waals surface area contributed by atoms with Crippen LogP contribution in [0.4, 0.5) is 5.82 Å². The molecule has 3 N–H and O–H groups in total. The zero-order valence-electron chi connectivity index (χ0n) is 9.96. The lowest BCUT2D eigenvalue weighted by Crippen LogP contribution is -2.20. The number of aromatic nitrogens is 2. The molecule has 1 amide bonds. The fraction of sp³-hybridized carbons (Fsp3) is 0.167. The minimum atomic E-state index is -0.213. The summed E-state index contributed by atoms with van der Waals surface area (Å²) in [4.78, 5) is 11.5. The van der Waals surface area contributed by atoms with Crippen molar-refractivity contribution in [3.63, 3.8) is 0 Å². The van der Waals surface area contributed by atoms with Gasteiger partial charge in [-0.05, 0) is 18.2 Å². The summed E-state index contributed by atoms with van der Waals surface area (Å²) in [6, 6.07) is 3.52. The Morgan fingerprint density at radius 3 is 3.11 bits per heavy atom.